The molecule has 4 nitrogen and oxygen atoms in total. The lowest BCUT2D eigenvalue weighted by Gasteiger charge is -2.10. The van der Waals surface area contributed by atoms with E-state index in [1.165, 1.54) is 0 Å². The summed E-state index contributed by atoms with van der Waals surface area (Å²) in [6, 6.07) is 7.52. The SMILES string of the molecule is Cc1cc(Br)c2nc(-c3ccncc3)n(C)c(=O)c2c1. The Kier molecular flexibility index (Phi) is 3.14. The second kappa shape index (κ2) is 4.83. The molecular formula is C15H12BrN3O. The molecule has 2 aromatic heterocycles. The van der Waals surface area contributed by atoms with Crippen LogP contribution in [0.3, 0.4) is 0 Å². The molecule has 0 fully saturated rings. The van der Waals surface area contributed by atoms with Crippen LogP contribution >= 0.6 is 15.9 Å². The van der Waals surface area contributed by atoms with Gasteiger partial charge in [-0.15, -0.1) is 0 Å². The zero-order chi connectivity index (χ0) is 14.3. The monoisotopic (exact) mass is 329 g/mol. The topological polar surface area (TPSA) is 47.8 Å². The first-order valence-electron chi connectivity index (χ1n) is 6.15. The van der Waals surface area contributed by atoms with Gasteiger partial charge in [0.05, 0.1) is 10.9 Å². The number of rotatable bonds is 1. The number of hydrogen-bond acceptors (Lipinski definition) is 3. The van der Waals surface area contributed by atoms with Crippen molar-refractivity contribution < 1.29 is 0 Å². The molecule has 5 heteroatoms. The number of aromatic nitrogens is 3. The fourth-order valence-electron chi connectivity index (χ4n) is 2.23. The summed E-state index contributed by atoms with van der Waals surface area (Å²) in [5, 5.41) is 0.622. The van der Waals surface area contributed by atoms with E-state index in [-0.39, 0.29) is 5.56 Å². The van der Waals surface area contributed by atoms with E-state index in [0.717, 1.165) is 15.6 Å². The number of nitrogens with zero attached hydrogens (tertiary/aromatic N) is 3. The maximum atomic E-state index is 12.5. The number of pyridine rings is 1. The normalized spacial score (nSPS) is 10.9. The first-order chi connectivity index (χ1) is 9.58. The predicted octanol–water partition coefficient (Wildman–Crippen LogP) is 3.07. The van der Waals surface area contributed by atoms with Crippen molar-refractivity contribution in [3.8, 4) is 11.4 Å². The first kappa shape index (κ1) is 13.0. The molecule has 0 unspecified atom stereocenters. The van der Waals surface area contributed by atoms with Crippen LogP contribution in [0.4, 0.5) is 0 Å². The van der Waals surface area contributed by atoms with Crippen molar-refractivity contribution >= 4 is 26.8 Å². The lowest BCUT2D eigenvalue weighted by molar-refractivity contribution is 0.855. The zero-order valence-corrected chi connectivity index (χ0v) is 12.7. The average molecular weight is 330 g/mol. The third kappa shape index (κ3) is 2.04. The van der Waals surface area contributed by atoms with Gasteiger partial charge < -0.3 is 0 Å². The standard InChI is InChI=1S/C15H12BrN3O/c1-9-7-11-13(12(16)8-9)18-14(19(2)15(11)20)10-3-5-17-6-4-10/h3-8H,1-2H3. The molecule has 0 saturated carbocycles. The third-order valence-electron chi connectivity index (χ3n) is 3.22. The number of halogens is 1. The van der Waals surface area contributed by atoms with Gasteiger partial charge in [-0.2, -0.15) is 0 Å². The Labute approximate surface area is 124 Å². The van der Waals surface area contributed by atoms with Crippen LogP contribution in [-0.4, -0.2) is 14.5 Å². The highest BCUT2D eigenvalue weighted by atomic mass is 79.9. The van der Waals surface area contributed by atoms with Gasteiger partial charge in [0, 0.05) is 29.5 Å². The van der Waals surface area contributed by atoms with Gasteiger partial charge in [0.2, 0.25) is 0 Å². The smallest absolute Gasteiger partial charge is 0.261 e. The number of fused-ring (bicyclic) bond motifs is 1. The fraction of sp³-hybridized carbons (Fsp3) is 0.133. The summed E-state index contributed by atoms with van der Waals surface area (Å²) in [7, 11) is 1.74. The van der Waals surface area contributed by atoms with Gasteiger partial charge >= 0.3 is 0 Å². The van der Waals surface area contributed by atoms with Crippen LogP contribution in [0.2, 0.25) is 0 Å². The van der Waals surface area contributed by atoms with E-state index in [1.54, 1.807) is 24.0 Å². The lowest BCUT2D eigenvalue weighted by Crippen LogP contribution is -2.20. The Bertz CT molecular complexity index is 856. The lowest BCUT2D eigenvalue weighted by atomic mass is 10.1. The van der Waals surface area contributed by atoms with Crippen molar-refractivity contribution in [3.63, 3.8) is 0 Å². The first-order valence-corrected chi connectivity index (χ1v) is 6.94. The predicted molar refractivity (Wildman–Crippen MR) is 82.7 cm³/mol. The summed E-state index contributed by atoms with van der Waals surface area (Å²) < 4.78 is 2.41. The summed E-state index contributed by atoms with van der Waals surface area (Å²) >= 11 is 3.49. The summed E-state index contributed by atoms with van der Waals surface area (Å²) in [6.07, 6.45) is 3.38. The molecule has 0 spiro atoms. The molecule has 2 heterocycles. The van der Waals surface area contributed by atoms with Crippen molar-refractivity contribution in [2.75, 3.05) is 0 Å². The van der Waals surface area contributed by atoms with E-state index >= 15 is 0 Å². The van der Waals surface area contributed by atoms with E-state index in [2.05, 4.69) is 25.9 Å². The maximum absolute atomic E-state index is 12.5. The summed E-state index contributed by atoms with van der Waals surface area (Å²) in [5.41, 5.74) is 2.53. The number of benzene rings is 1. The molecule has 1 aromatic carbocycles. The van der Waals surface area contributed by atoms with Crippen molar-refractivity contribution in [3.05, 3.63) is 57.0 Å². The minimum Gasteiger partial charge on any atom is -0.295 e. The van der Waals surface area contributed by atoms with Crippen LogP contribution in [-0.2, 0) is 7.05 Å². The Morgan fingerprint density at radius 3 is 2.60 bits per heavy atom. The highest BCUT2D eigenvalue weighted by Crippen LogP contribution is 2.24. The van der Waals surface area contributed by atoms with Crippen molar-refractivity contribution in [2.45, 2.75) is 6.92 Å². The summed E-state index contributed by atoms with van der Waals surface area (Å²) in [5.74, 6) is 0.634. The molecule has 0 amide bonds. The fourth-order valence-corrected chi connectivity index (χ4v) is 2.89. The Hall–Kier alpha value is -2.01. The molecule has 20 heavy (non-hydrogen) atoms. The summed E-state index contributed by atoms with van der Waals surface area (Å²) in [6.45, 7) is 1.96. The van der Waals surface area contributed by atoms with Crippen LogP contribution in [0.1, 0.15) is 5.56 Å². The van der Waals surface area contributed by atoms with Gasteiger partial charge in [-0.05, 0) is 52.7 Å². The molecule has 100 valence electrons. The zero-order valence-electron chi connectivity index (χ0n) is 11.1. The van der Waals surface area contributed by atoms with Gasteiger partial charge in [-0.1, -0.05) is 0 Å². The third-order valence-corrected chi connectivity index (χ3v) is 3.82. The molecule has 0 aliphatic carbocycles. The molecule has 0 N–H and O–H groups in total. The van der Waals surface area contributed by atoms with Gasteiger partial charge in [0.1, 0.15) is 5.82 Å². The number of aryl methyl sites for hydroxylation is 1. The Morgan fingerprint density at radius 1 is 1.20 bits per heavy atom. The average Bonchev–Trinajstić information content (AvgIpc) is 2.44. The van der Waals surface area contributed by atoms with Crippen LogP contribution < -0.4 is 5.56 Å². The minimum absolute atomic E-state index is 0.0498. The van der Waals surface area contributed by atoms with E-state index in [0.29, 0.717) is 16.7 Å². The number of hydrogen-bond donors (Lipinski definition) is 0. The van der Waals surface area contributed by atoms with E-state index in [1.807, 2.05) is 31.2 Å². The van der Waals surface area contributed by atoms with Crippen LogP contribution in [0.25, 0.3) is 22.3 Å². The quantitative estimate of drug-likeness (QED) is 0.689. The van der Waals surface area contributed by atoms with E-state index in [9.17, 15) is 4.79 Å². The van der Waals surface area contributed by atoms with Gasteiger partial charge in [0.25, 0.3) is 5.56 Å². The van der Waals surface area contributed by atoms with E-state index in [4.69, 9.17) is 0 Å². The summed E-state index contributed by atoms with van der Waals surface area (Å²) in [4.78, 5) is 21.1. The Balaban J connectivity index is 2.42. The molecule has 0 aliphatic heterocycles. The maximum Gasteiger partial charge on any atom is 0.261 e. The molecular weight excluding hydrogens is 318 g/mol. The second-order valence-electron chi connectivity index (χ2n) is 4.68. The molecule has 0 atom stereocenters. The highest BCUT2D eigenvalue weighted by molar-refractivity contribution is 9.10. The van der Waals surface area contributed by atoms with Crippen LogP contribution in [0.5, 0.6) is 0 Å². The second-order valence-corrected chi connectivity index (χ2v) is 5.53. The van der Waals surface area contributed by atoms with E-state index < -0.39 is 0 Å². The largest absolute Gasteiger partial charge is 0.295 e. The molecule has 0 aliphatic rings. The Morgan fingerprint density at radius 2 is 1.90 bits per heavy atom. The minimum atomic E-state index is -0.0498. The molecule has 3 rings (SSSR count). The van der Waals surface area contributed by atoms with Gasteiger partial charge in [-0.3, -0.25) is 14.3 Å². The van der Waals surface area contributed by atoms with Crippen LogP contribution in [0, 0.1) is 6.92 Å². The molecule has 3 aromatic rings. The highest BCUT2D eigenvalue weighted by Gasteiger charge is 2.12. The van der Waals surface area contributed by atoms with Gasteiger partial charge in [-0.25, -0.2) is 4.98 Å². The van der Waals surface area contributed by atoms with Crippen LogP contribution in [0.15, 0.2) is 45.9 Å². The molecule has 0 radical (unpaired) electrons. The van der Waals surface area contributed by atoms with Crippen molar-refractivity contribution in [2.24, 2.45) is 7.05 Å². The van der Waals surface area contributed by atoms with Gasteiger partial charge in [0.15, 0.2) is 0 Å². The van der Waals surface area contributed by atoms with Crippen molar-refractivity contribution in [1.82, 2.24) is 14.5 Å². The van der Waals surface area contributed by atoms with Crippen molar-refractivity contribution in [1.29, 1.82) is 0 Å². The molecule has 0 saturated heterocycles. The molecule has 0 bridgehead atoms.